The van der Waals surface area contributed by atoms with Crippen LogP contribution in [0.1, 0.15) is 21.6 Å². The minimum atomic E-state index is 0.0212. The molecule has 3 rings (SSSR count). The third-order valence-electron chi connectivity index (χ3n) is 3.44. The van der Waals surface area contributed by atoms with Crippen molar-refractivity contribution in [3.63, 3.8) is 0 Å². The maximum absolute atomic E-state index is 12.5. The topological polar surface area (TPSA) is 32.9 Å². The number of nitrogens with one attached hydrogen (secondary N) is 1. The van der Waals surface area contributed by atoms with Gasteiger partial charge in [-0.15, -0.1) is 0 Å². The second-order valence-corrected chi connectivity index (χ2v) is 5.84. The van der Waals surface area contributed by atoms with Gasteiger partial charge in [0.05, 0.1) is 5.56 Å². The van der Waals surface area contributed by atoms with Crippen LogP contribution in [0.4, 0.5) is 0 Å². The number of aryl methyl sites for hydroxylation is 1. The highest BCUT2D eigenvalue weighted by Crippen LogP contribution is 2.23. The summed E-state index contributed by atoms with van der Waals surface area (Å²) in [7, 11) is 0. The van der Waals surface area contributed by atoms with Crippen LogP contribution in [0.5, 0.6) is 0 Å². The molecule has 3 aromatic rings. The first-order valence-electron chi connectivity index (χ1n) is 6.70. The van der Waals surface area contributed by atoms with Gasteiger partial charge in [-0.3, -0.25) is 4.79 Å². The molecule has 1 heterocycles. The fourth-order valence-electron chi connectivity index (χ4n) is 2.42. The molecule has 0 aliphatic rings. The van der Waals surface area contributed by atoms with Crippen molar-refractivity contribution >= 4 is 38.7 Å². The maximum Gasteiger partial charge on any atom is 0.188 e. The van der Waals surface area contributed by atoms with Crippen molar-refractivity contribution in [3.8, 4) is 0 Å². The molecule has 0 unspecified atom stereocenters. The highest BCUT2D eigenvalue weighted by Gasteiger charge is 2.13. The molecule has 0 saturated heterocycles. The molecule has 1 N–H and O–H groups in total. The van der Waals surface area contributed by atoms with Crippen LogP contribution in [0.15, 0.2) is 59.1 Å². The summed E-state index contributed by atoms with van der Waals surface area (Å²) in [6.07, 6.45) is 3.47. The summed E-state index contributed by atoms with van der Waals surface area (Å²) in [6, 6.07) is 15.7. The Labute approximate surface area is 131 Å². The van der Waals surface area contributed by atoms with E-state index in [1.165, 1.54) is 0 Å². The molecule has 0 atom stereocenters. The van der Waals surface area contributed by atoms with Crippen molar-refractivity contribution in [3.05, 3.63) is 75.9 Å². The van der Waals surface area contributed by atoms with Crippen molar-refractivity contribution in [2.45, 2.75) is 6.92 Å². The lowest BCUT2D eigenvalue weighted by Gasteiger charge is -1.97. The van der Waals surface area contributed by atoms with Crippen molar-refractivity contribution in [2.24, 2.45) is 0 Å². The molecule has 0 fully saturated rings. The third kappa shape index (κ3) is 2.83. The van der Waals surface area contributed by atoms with Gasteiger partial charge in [-0.25, -0.2) is 0 Å². The van der Waals surface area contributed by atoms with E-state index in [0.29, 0.717) is 0 Å². The highest BCUT2D eigenvalue weighted by molar-refractivity contribution is 9.10. The number of ketones is 1. The van der Waals surface area contributed by atoms with Crippen molar-refractivity contribution in [2.75, 3.05) is 0 Å². The van der Waals surface area contributed by atoms with Gasteiger partial charge in [-0.2, -0.15) is 0 Å². The average molecular weight is 340 g/mol. The van der Waals surface area contributed by atoms with Crippen LogP contribution in [0.25, 0.3) is 17.0 Å². The second-order valence-electron chi connectivity index (χ2n) is 4.92. The van der Waals surface area contributed by atoms with E-state index in [0.717, 1.165) is 32.2 Å². The maximum atomic E-state index is 12.5. The number of hydrogen-bond donors (Lipinski definition) is 1. The molecule has 0 spiro atoms. The first-order valence-corrected chi connectivity index (χ1v) is 7.50. The fraction of sp³-hybridized carbons (Fsp3) is 0.0556. The SMILES string of the molecule is Cc1[nH]c2ccccc2c1C(=O)/C=C/c1ccc(Br)cc1. The lowest BCUT2D eigenvalue weighted by Crippen LogP contribution is -1.95. The van der Waals surface area contributed by atoms with Crippen LogP contribution in [-0.4, -0.2) is 10.8 Å². The predicted molar refractivity (Wildman–Crippen MR) is 90.5 cm³/mol. The molecule has 1 aromatic heterocycles. The Bertz CT molecular complexity index is 828. The zero-order chi connectivity index (χ0) is 14.8. The molecule has 0 aliphatic carbocycles. The van der Waals surface area contributed by atoms with E-state index < -0.39 is 0 Å². The number of halogens is 1. The zero-order valence-corrected chi connectivity index (χ0v) is 13.1. The van der Waals surface area contributed by atoms with Gasteiger partial charge in [0.25, 0.3) is 0 Å². The second kappa shape index (κ2) is 5.70. The molecule has 0 bridgehead atoms. The summed E-state index contributed by atoms with van der Waals surface area (Å²) in [4.78, 5) is 15.7. The average Bonchev–Trinajstić information content (AvgIpc) is 2.82. The number of aromatic amines is 1. The summed E-state index contributed by atoms with van der Waals surface area (Å²) in [6.45, 7) is 1.93. The van der Waals surface area contributed by atoms with Crippen LogP contribution in [0.3, 0.4) is 0 Å². The number of hydrogen-bond acceptors (Lipinski definition) is 1. The summed E-state index contributed by atoms with van der Waals surface area (Å²) >= 11 is 3.40. The van der Waals surface area contributed by atoms with Crippen LogP contribution < -0.4 is 0 Å². The van der Waals surface area contributed by atoms with Gasteiger partial charge >= 0.3 is 0 Å². The van der Waals surface area contributed by atoms with Gasteiger partial charge < -0.3 is 4.98 Å². The Balaban J connectivity index is 1.94. The molecule has 0 radical (unpaired) electrons. The Morgan fingerprint density at radius 3 is 2.57 bits per heavy atom. The van der Waals surface area contributed by atoms with Gasteiger partial charge in [0.15, 0.2) is 5.78 Å². The lowest BCUT2D eigenvalue weighted by atomic mass is 10.1. The molecule has 3 heteroatoms. The molecule has 2 nitrogen and oxygen atoms in total. The van der Waals surface area contributed by atoms with Crippen molar-refractivity contribution in [1.29, 1.82) is 0 Å². The van der Waals surface area contributed by atoms with Crippen molar-refractivity contribution in [1.82, 2.24) is 4.98 Å². The van der Waals surface area contributed by atoms with Crippen LogP contribution >= 0.6 is 15.9 Å². The molecular weight excluding hydrogens is 326 g/mol. The Morgan fingerprint density at radius 1 is 1.10 bits per heavy atom. The number of fused-ring (bicyclic) bond motifs is 1. The number of benzene rings is 2. The van der Waals surface area contributed by atoms with Gasteiger partial charge in [0.2, 0.25) is 0 Å². The summed E-state index contributed by atoms with van der Waals surface area (Å²) in [5.41, 5.74) is 3.65. The third-order valence-corrected chi connectivity index (χ3v) is 3.97. The molecule has 21 heavy (non-hydrogen) atoms. The number of H-pyrrole nitrogens is 1. The summed E-state index contributed by atoms with van der Waals surface area (Å²) < 4.78 is 1.03. The fourth-order valence-corrected chi connectivity index (χ4v) is 2.69. The molecule has 0 amide bonds. The Morgan fingerprint density at radius 2 is 1.81 bits per heavy atom. The van der Waals surface area contributed by atoms with E-state index in [2.05, 4.69) is 20.9 Å². The Kier molecular flexibility index (Phi) is 3.76. The lowest BCUT2D eigenvalue weighted by molar-refractivity contribution is 0.104. The Hall–Kier alpha value is -2.13. The van der Waals surface area contributed by atoms with E-state index >= 15 is 0 Å². The largest absolute Gasteiger partial charge is 0.358 e. The molecule has 0 saturated carbocycles. The number of carbonyl (C=O) groups is 1. The van der Waals surface area contributed by atoms with E-state index in [1.54, 1.807) is 6.08 Å². The standard InChI is InChI=1S/C18H14BrNO/c1-12-18(15-4-2-3-5-16(15)20-12)17(21)11-8-13-6-9-14(19)10-7-13/h2-11,20H,1H3/b11-8+. The summed E-state index contributed by atoms with van der Waals surface area (Å²) in [5, 5.41) is 0.973. The smallest absolute Gasteiger partial charge is 0.188 e. The number of aromatic nitrogens is 1. The number of para-hydroxylation sites is 1. The van der Waals surface area contributed by atoms with Gasteiger partial charge in [-0.1, -0.05) is 52.3 Å². The molecule has 104 valence electrons. The highest BCUT2D eigenvalue weighted by atomic mass is 79.9. The van der Waals surface area contributed by atoms with E-state index in [4.69, 9.17) is 0 Å². The summed E-state index contributed by atoms with van der Waals surface area (Å²) in [5.74, 6) is 0.0212. The first kappa shape index (κ1) is 13.8. The minimum absolute atomic E-state index is 0.0212. The first-order chi connectivity index (χ1) is 10.1. The zero-order valence-electron chi connectivity index (χ0n) is 11.6. The quantitative estimate of drug-likeness (QED) is 0.520. The van der Waals surface area contributed by atoms with E-state index in [9.17, 15) is 4.79 Å². The van der Waals surface area contributed by atoms with Crippen molar-refractivity contribution < 1.29 is 4.79 Å². The van der Waals surface area contributed by atoms with Crippen LogP contribution in [0, 0.1) is 6.92 Å². The van der Waals surface area contributed by atoms with E-state index in [1.807, 2.05) is 61.5 Å². The number of carbonyl (C=O) groups excluding carboxylic acids is 1. The number of rotatable bonds is 3. The minimum Gasteiger partial charge on any atom is -0.358 e. The molecule has 0 aliphatic heterocycles. The molecular formula is C18H14BrNO. The predicted octanol–water partition coefficient (Wildman–Crippen LogP) is 5.13. The number of allylic oxidation sites excluding steroid dienone is 1. The van der Waals surface area contributed by atoms with Gasteiger partial charge in [-0.05, 0) is 36.8 Å². The normalized spacial score (nSPS) is 11.3. The van der Waals surface area contributed by atoms with Crippen LogP contribution in [-0.2, 0) is 0 Å². The van der Waals surface area contributed by atoms with Gasteiger partial charge in [0, 0.05) is 21.1 Å². The molecule has 2 aromatic carbocycles. The van der Waals surface area contributed by atoms with Gasteiger partial charge in [0.1, 0.15) is 0 Å². The van der Waals surface area contributed by atoms with E-state index in [-0.39, 0.29) is 5.78 Å². The monoisotopic (exact) mass is 339 g/mol. The van der Waals surface area contributed by atoms with Crippen LogP contribution in [0.2, 0.25) is 0 Å².